The fraction of sp³-hybridized carbons (Fsp3) is 0.692. The molecular formula is C13H19NO7. The van der Waals surface area contributed by atoms with E-state index in [1.807, 2.05) is 0 Å². The summed E-state index contributed by atoms with van der Waals surface area (Å²) in [6.45, 7) is 5.05. The maximum absolute atomic E-state index is 12.0. The first-order valence-electron chi connectivity index (χ1n) is 6.50. The van der Waals surface area contributed by atoms with Gasteiger partial charge in [0.25, 0.3) is 0 Å². The van der Waals surface area contributed by atoms with E-state index in [9.17, 15) is 19.6 Å². The van der Waals surface area contributed by atoms with Crippen molar-refractivity contribution in [2.45, 2.75) is 39.9 Å². The van der Waals surface area contributed by atoms with E-state index in [1.54, 1.807) is 6.92 Å². The normalized spacial score (nSPS) is 25.2. The highest BCUT2D eigenvalue weighted by Gasteiger charge is 2.45. The van der Waals surface area contributed by atoms with E-state index in [2.05, 4.69) is 0 Å². The summed E-state index contributed by atoms with van der Waals surface area (Å²) in [6.07, 6.45) is -1.85. The lowest BCUT2D eigenvalue weighted by Gasteiger charge is -2.34. The Balaban J connectivity index is 3.07. The molecule has 0 N–H and O–H groups in total. The number of hydrogen-bond donors (Lipinski definition) is 0. The zero-order valence-electron chi connectivity index (χ0n) is 12.5. The van der Waals surface area contributed by atoms with Crippen LogP contribution in [0.3, 0.4) is 0 Å². The summed E-state index contributed by atoms with van der Waals surface area (Å²) in [5, 5.41) is 12.0. The zero-order valence-corrected chi connectivity index (χ0v) is 12.5. The van der Waals surface area contributed by atoms with Gasteiger partial charge in [-0.3, -0.25) is 14.4 Å². The van der Waals surface area contributed by atoms with Gasteiger partial charge in [0.15, 0.2) is 19.3 Å². The largest absolute Gasteiger partial charge is 0.624 e. The molecule has 0 unspecified atom stereocenters. The summed E-state index contributed by atoms with van der Waals surface area (Å²) < 4.78 is 15.7. The molecule has 1 aliphatic heterocycles. The number of carbonyl (C=O) groups excluding carboxylic acids is 3. The van der Waals surface area contributed by atoms with Crippen LogP contribution in [0.4, 0.5) is 0 Å². The molecule has 21 heavy (non-hydrogen) atoms. The van der Waals surface area contributed by atoms with Crippen LogP contribution in [0.1, 0.15) is 27.7 Å². The number of carbonyl (C=O) groups is 3. The van der Waals surface area contributed by atoms with E-state index < -0.39 is 30.1 Å². The molecule has 3 atom stereocenters. The standard InChI is InChI=1S/C13H19NO7/c1-7-5-14(18)11(6-19-8(2)15)13(21-10(4)17)12(7)20-9(3)16/h7,12-13H,5-6H2,1-4H3/t7-,12+,13+/m0/s1. The molecule has 0 aromatic rings. The molecule has 1 rings (SSSR count). The Bertz CT molecular complexity index is 471. The lowest BCUT2D eigenvalue weighted by Crippen LogP contribution is -2.54. The third-order valence-electron chi connectivity index (χ3n) is 2.98. The molecule has 0 amide bonds. The second-order valence-electron chi connectivity index (χ2n) is 4.91. The van der Waals surface area contributed by atoms with Crippen LogP contribution >= 0.6 is 0 Å². The summed E-state index contributed by atoms with van der Waals surface area (Å²) >= 11 is 0. The highest BCUT2D eigenvalue weighted by molar-refractivity contribution is 5.90. The van der Waals surface area contributed by atoms with Crippen LogP contribution in [-0.2, 0) is 28.6 Å². The Labute approximate surface area is 122 Å². The van der Waals surface area contributed by atoms with Crippen molar-refractivity contribution in [1.82, 2.24) is 0 Å². The van der Waals surface area contributed by atoms with E-state index in [4.69, 9.17) is 14.2 Å². The number of ether oxygens (including phenoxy) is 3. The first-order chi connectivity index (χ1) is 9.72. The van der Waals surface area contributed by atoms with Gasteiger partial charge in [-0.1, -0.05) is 6.92 Å². The summed E-state index contributed by atoms with van der Waals surface area (Å²) in [5.74, 6) is -2.08. The quantitative estimate of drug-likeness (QED) is 0.312. The van der Waals surface area contributed by atoms with Gasteiger partial charge in [0.2, 0.25) is 11.8 Å². The van der Waals surface area contributed by atoms with Gasteiger partial charge in [-0.15, -0.1) is 0 Å². The fourth-order valence-corrected chi connectivity index (χ4v) is 2.13. The van der Waals surface area contributed by atoms with E-state index in [0.29, 0.717) is 4.74 Å². The molecule has 118 valence electrons. The van der Waals surface area contributed by atoms with E-state index in [-0.39, 0.29) is 24.8 Å². The molecule has 0 radical (unpaired) electrons. The number of nitrogens with zero attached hydrogens (tertiary/aromatic N) is 1. The van der Waals surface area contributed by atoms with Crippen molar-refractivity contribution in [1.29, 1.82) is 0 Å². The molecule has 0 aromatic heterocycles. The minimum absolute atomic E-state index is 0.0461. The van der Waals surface area contributed by atoms with Crippen LogP contribution in [0.5, 0.6) is 0 Å². The van der Waals surface area contributed by atoms with Crippen LogP contribution in [-0.4, -0.2) is 53.7 Å². The SMILES string of the molecule is CC(=O)OCC1=[N+]([O-])C[C@H](C)[C@@H](OC(C)=O)[C@@H]1OC(C)=O. The molecular weight excluding hydrogens is 282 g/mol. The molecule has 0 aliphatic carbocycles. The van der Waals surface area contributed by atoms with Crippen molar-refractivity contribution in [3.8, 4) is 0 Å². The second kappa shape index (κ2) is 7.05. The van der Waals surface area contributed by atoms with Crippen LogP contribution in [0.2, 0.25) is 0 Å². The predicted octanol–water partition coefficient (Wildman–Crippen LogP) is 0.0139. The smallest absolute Gasteiger partial charge is 0.303 e. The fourth-order valence-electron chi connectivity index (χ4n) is 2.13. The van der Waals surface area contributed by atoms with Crippen molar-refractivity contribution in [2.24, 2.45) is 5.92 Å². The molecule has 8 nitrogen and oxygen atoms in total. The topological polar surface area (TPSA) is 105 Å². The van der Waals surface area contributed by atoms with Crippen LogP contribution < -0.4 is 0 Å². The number of hydroxylamine groups is 1. The first kappa shape index (κ1) is 16.9. The lowest BCUT2D eigenvalue weighted by molar-refractivity contribution is -0.482. The van der Waals surface area contributed by atoms with E-state index >= 15 is 0 Å². The number of hydrogen-bond acceptors (Lipinski definition) is 7. The molecule has 1 heterocycles. The van der Waals surface area contributed by atoms with Crippen molar-refractivity contribution < 1.29 is 33.3 Å². The van der Waals surface area contributed by atoms with E-state index in [0.717, 1.165) is 0 Å². The highest BCUT2D eigenvalue weighted by Crippen LogP contribution is 2.22. The first-order valence-corrected chi connectivity index (χ1v) is 6.50. The van der Waals surface area contributed by atoms with E-state index in [1.165, 1.54) is 20.8 Å². The molecule has 0 saturated heterocycles. The lowest BCUT2D eigenvalue weighted by atomic mass is 9.93. The van der Waals surface area contributed by atoms with Crippen molar-refractivity contribution in [3.63, 3.8) is 0 Å². The third kappa shape index (κ3) is 4.73. The van der Waals surface area contributed by atoms with Crippen LogP contribution in [0, 0.1) is 11.1 Å². The summed E-state index contributed by atoms with van der Waals surface area (Å²) in [4.78, 5) is 33.3. The minimum Gasteiger partial charge on any atom is -0.624 e. The second-order valence-corrected chi connectivity index (χ2v) is 4.91. The maximum Gasteiger partial charge on any atom is 0.303 e. The molecule has 0 bridgehead atoms. The minimum atomic E-state index is -1.06. The van der Waals surface area contributed by atoms with Gasteiger partial charge in [0.05, 0.1) is 5.92 Å². The Kier molecular flexibility index (Phi) is 5.69. The Morgan fingerprint density at radius 2 is 1.71 bits per heavy atom. The number of esters is 3. The molecule has 0 fully saturated rings. The number of rotatable bonds is 4. The van der Waals surface area contributed by atoms with Gasteiger partial charge >= 0.3 is 17.9 Å². The third-order valence-corrected chi connectivity index (χ3v) is 2.98. The average Bonchev–Trinajstić information content (AvgIpc) is 2.32. The Morgan fingerprint density at radius 1 is 1.14 bits per heavy atom. The Hall–Kier alpha value is -2.12. The molecule has 0 saturated carbocycles. The van der Waals surface area contributed by atoms with Crippen molar-refractivity contribution in [2.75, 3.05) is 13.2 Å². The van der Waals surface area contributed by atoms with Gasteiger partial charge in [0, 0.05) is 20.8 Å². The molecule has 1 aliphatic rings. The monoisotopic (exact) mass is 301 g/mol. The highest BCUT2D eigenvalue weighted by atomic mass is 16.6. The van der Waals surface area contributed by atoms with Crippen molar-refractivity contribution >= 4 is 23.6 Å². The van der Waals surface area contributed by atoms with Gasteiger partial charge in [0.1, 0.15) is 0 Å². The predicted molar refractivity (Wildman–Crippen MR) is 70.4 cm³/mol. The Morgan fingerprint density at radius 3 is 2.19 bits per heavy atom. The maximum atomic E-state index is 12.0. The summed E-state index contributed by atoms with van der Waals surface area (Å²) in [5.41, 5.74) is 0.0461. The molecule has 0 spiro atoms. The van der Waals surface area contributed by atoms with Gasteiger partial charge in [-0.2, -0.15) is 0 Å². The average molecular weight is 301 g/mol. The van der Waals surface area contributed by atoms with Gasteiger partial charge < -0.3 is 19.4 Å². The van der Waals surface area contributed by atoms with Gasteiger partial charge in [-0.05, 0) is 0 Å². The summed E-state index contributed by atoms with van der Waals surface area (Å²) in [6, 6.07) is 0. The molecule has 0 aromatic carbocycles. The molecule has 8 heteroatoms. The van der Waals surface area contributed by atoms with Crippen LogP contribution in [0.25, 0.3) is 0 Å². The van der Waals surface area contributed by atoms with Crippen LogP contribution in [0.15, 0.2) is 0 Å². The van der Waals surface area contributed by atoms with Crippen molar-refractivity contribution in [3.05, 3.63) is 5.21 Å². The van der Waals surface area contributed by atoms with Gasteiger partial charge in [-0.25, -0.2) is 4.74 Å². The summed E-state index contributed by atoms with van der Waals surface area (Å²) in [7, 11) is 0. The zero-order chi connectivity index (χ0) is 16.2.